The Hall–Kier alpha value is 0.310. The zero-order chi connectivity index (χ0) is 10.7. The van der Waals surface area contributed by atoms with Crippen LogP contribution in [0.2, 0.25) is 0 Å². The molecule has 0 amide bonds. The van der Waals surface area contributed by atoms with Crippen LogP contribution < -0.4 is 5.32 Å². The van der Waals surface area contributed by atoms with E-state index in [1.807, 2.05) is 0 Å². The minimum atomic E-state index is 0.468. The summed E-state index contributed by atoms with van der Waals surface area (Å²) in [5.41, 5.74) is 0.468. The summed E-state index contributed by atoms with van der Waals surface area (Å²) in [5, 5.41) is 4.85. The summed E-state index contributed by atoms with van der Waals surface area (Å²) in [4.78, 5) is 0. The van der Waals surface area contributed by atoms with E-state index in [1.54, 1.807) is 0 Å². The van der Waals surface area contributed by atoms with E-state index in [1.165, 1.54) is 51.4 Å². The van der Waals surface area contributed by atoms with Crippen molar-refractivity contribution in [3.05, 3.63) is 0 Å². The first-order valence-electron chi connectivity index (χ1n) is 6.54. The van der Waals surface area contributed by atoms with Crippen molar-refractivity contribution in [1.82, 2.24) is 5.32 Å². The van der Waals surface area contributed by atoms with Crippen LogP contribution in [-0.2, 0) is 0 Å². The maximum atomic E-state index is 3.97. The molecule has 88 valence electrons. The summed E-state index contributed by atoms with van der Waals surface area (Å²) in [6.07, 6.45) is 13.6. The third-order valence-corrected chi connectivity index (χ3v) is 5.42. The Morgan fingerprint density at radius 2 is 1.73 bits per heavy atom. The van der Waals surface area contributed by atoms with Gasteiger partial charge in [-0.05, 0) is 38.9 Å². The minimum absolute atomic E-state index is 0.468. The maximum Gasteiger partial charge on any atom is 0.0198 e. The van der Waals surface area contributed by atoms with Crippen molar-refractivity contribution in [2.24, 2.45) is 0 Å². The molecule has 1 nitrogen and oxygen atoms in total. The zero-order valence-electron chi connectivity index (χ0n) is 10.2. The van der Waals surface area contributed by atoms with E-state index in [9.17, 15) is 0 Å². The average Bonchev–Trinajstić information content (AvgIpc) is 2.66. The molecule has 2 heteroatoms. The van der Waals surface area contributed by atoms with Crippen LogP contribution in [0.4, 0.5) is 0 Å². The highest BCUT2D eigenvalue weighted by molar-refractivity contribution is 7.99. The van der Waals surface area contributed by atoms with Gasteiger partial charge in [-0.1, -0.05) is 25.7 Å². The summed E-state index contributed by atoms with van der Waals surface area (Å²) in [6, 6.07) is 0.789. The first-order chi connectivity index (χ1) is 7.23. The zero-order valence-corrected chi connectivity index (χ0v) is 11.0. The average molecular weight is 227 g/mol. The van der Waals surface area contributed by atoms with Gasteiger partial charge < -0.3 is 5.32 Å². The van der Waals surface area contributed by atoms with Crippen molar-refractivity contribution in [3.63, 3.8) is 0 Å². The fraction of sp³-hybridized carbons (Fsp3) is 1.00. The number of thioether (sulfide) groups is 1. The van der Waals surface area contributed by atoms with Gasteiger partial charge in [-0.3, -0.25) is 0 Å². The van der Waals surface area contributed by atoms with Gasteiger partial charge in [0.2, 0.25) is 0 Å². The lowest BCUT2D eigenvalue weighted by Crippen LogP contribution is -2.51. The lowest BCUT2D eigenvalue weighted by Gasteiger charge is -2.38. The molecule has 2 rings (SSSR count). The molecule has 0 aliphatic heterocycles. The van der Waals surface area contributed by atoms with E-state index < -0.39 is 0 Å². The standard InChI is InChI=1S/C13H25NS/c1-13(9-5-6-10-13)14-11-7-3-4-8-12(11)15-2/h11-12,14H,3-10H2,1-2H3. The molecule has 2 unspecified atom stereocenters. The first-order valence-corrected chi connectivity index (χ1v) is 7.83. The van der Waals surface area contributed by atoms with Gasteiger partial charge in [0.05, 0.1) is 0 Å². The Morgan fingerprint density at radius 1 is 1.07 bits per heavy atom. The molecule has 15 heavy (non-hydrogen) atoms. The number of hydrogen-bond donors (Lipinski definition) is 1. The molecule has 0 spiro atoms. The van der Waals surface area contributed by atoms with Crippen molar-refractivity contribution in [2.45, 2.75) is 75.1 Å². The molecule has 0 aromatic heterocycles. The quantitative estimate of drug-likeness (QED) is 0.791. The van der Waals surface area contributed by atoms with Crippen LogP contribution >= 0.6 is 11.8 Å². The molecular formula is C13H25NS. The second kappa shape index (κ2) is 5.09. The largest absolute Gasteiger partial charge is 0.308 e. The van der Waals surface area contributed by atoms with Gasteiger partial charge in [-0.15, -0.1) is 0 Å². The molecule has 2 aliphatic carbocycles. The number of hydrogen-bond acceptors (Lipinski definition) is 2. The van der Waals surface area contributed by atoms with Crippen molar-refractivity contribution in [3.8, 4) is 0 Å². The van der Waals surface area contributed by atoms with Crippen LogP contribution in [0.3, 0.4) is 0 Å². The second-order valence-electron chi connectivity index (χ2n) is 5.58. The molecule has 0 radical (unpaired) electrons. The Bertz CT molecular complexity index is 199. The molecule has 0 bridgehead atoms. The summed E-state index contributed by atoms with van der Waals surface area (Å²) >= 11 is 2.07. The van der Waals surface area contributed by atoms with Crippen LogP contribution in [0.25, 0.3) is 0 Å². The van der Waals surface area contributed by atoms with E-state index in [-0.39, 0.29) is 0 Å². The fourth-order valence-corrected chi connectivity index (χ4v) is 4.23. The smallest absolute Gasteiger partial charge is 0.0198 e. The van der Waals surface area contributed by atoms with Gasteiger partial charge in [0.25, 0.3) is 0 Å². The summed E-state index contributed by atoms with van der Waals surface area (Å²) in [7, 11) is 0. The topological polar surface area (TPSA) is 12.0 Å². The van der Waals surface area contributed by atoms with Crippen molar-refractivity contribution < 1.29 is 0 Å². The highest BCUT2D eigenvalue weighted by Gasteiger charge is 2.34. The lowest BCUT2D eigenvalue weighted by molar-refractivity contribution is 0.273. The van der Waals surface area contributed by atoms with Gasteiger partial charge >= 0.3 is 0 Å². The van der Waals surface area contributed by atoms with E-state index >= 15 is 0 Å². The van der Waals surface area contributed by atoms with Gasteiger partial charge in [0.15, 0.2) is 0 Å². The van der Waals surface area contributed by atoms with Crippen LogP contribution in [0.5, 0.6) is 0 Å². The molecule has 2 aliphatic rings. The Morgan fingerprint density at radius 3 is 2.40 bits per heavy atom. The highest BCUT2D eigenvalue weighted by Crippen LogP contribution is 2.34. The molecule has 2 fully saturated rings. The van der Waals surface area contributed by atoms with Crippen LogP contribution in [0.15, 0.2) is 0 Å². The van der Waals surface area contributed by atoms with E-state index in [0.717, 1.165) is 11.3 Å². The van der Waals surface area contributed by atoms with E-state index in [4.69, 9.17) is 0 Å². The predicted octanol–water partition coefficient (Wildman–Crippen LogP) is 3.58. The minimum Gasteiger partial charge on any atom is -0.308 e. The van der Waals surface area contributed by atoms with Gasteiger partial charge in [-0.25, -0.2) is 0 Å². The van der Waals surface area contributed by atoms with Crippen LogP contribution in [0.1, 0.15) is 58.3 Å². The monoisotopic (exact) mass is 227 g/mol. The summed E-state index contributed by atoms with van der Waals surface area (Å²) in [5.74, 6) is 0. The summed E-state index contributed by atoms with van der Waals surface area (Å²) in [6.45, 7) is 2.44. The Kier molecular flexibility index (Phi) is 4.00. The van der Waals surface area contributed by atoms with Gasteiger partial charge in [-0.2, -0.15) is 11.8 Å². The fourth-order valence-electron chi connectivity index (χ4n) is 3.29. The molecular weight excluding hydrogens is 202 g/mol. The second-order valence-corrected chi connectivity index (χ2v) is 6.65. The third kappa shape index (κ3) is 2.91. The van der Waals surface area contributed by atoms with Crippen LogP contribution in [-0.4, -0.2) is 23.1 Å². The Labute approximate surface area is 98.8 Å². The molecule has 2 saturated carbocycles. The van der Waals surface area contributed by atoms with Crippen molar-refractivity contribution >= 4 is 11.8 Å². The molecule has 0 aromatic rings. The highest BCUT2D eigenvalue weighted by atomic mass is 32.2. The molecule has 1 N–H and O–H groups in total. The SMILES string of the molecule is CSC1CCCCC1NC1(C)CCCC1. The van der Waals surface area contributed by atoms with Crippen molar-refractivity contribution in [1.29, 1.82) is 0 Å². The predicted molar refractivity (Wildman–Crippen MR) is 69.6 cm³/mol. The number of nitrogens with one attached hydrogen (secondary N) is 1. The van der Waals surface area contributed by atoms with Crippen LogP contribution in [0, 0.1) is 0 Å². The van der Waals surface area contributed by atoms with Gasteiger partial charge in [0, 0.05) is 16.8 Å². The third-order valence-electron chi connectivity index (χ3n) is 4.25. The lowest BCUT2D eigenvalue weighted by atomic mass is 9.91. The summed E-state index contributed by atoms with van der Waals surface area (Å²) < 4.78 is 0. The number of rotatable bonds is 3. The maximum absolute atomic E-state index is 3.97. The van der Waals surface area contributed by atoms with E-state index in [0.29, 0.717) is 5.54 Å². The Balaban J connectivity index is 1.90. The first kappa shape index (κ1) is 11.8. The van der Waals surface area contributed by atoms with E-state index in [2.05, 4.69) is 30.3 Å². The van der Waals surface area contributed by atoms with Crippen molar-refractivity contribution in [2.75, 3.05) is 6.26 Å². The molecule has 2 atom stereocenters. The van der Waals surface area contributed by atoms with Gasteiger partial charge in [0.1, 0.15) is 0 Å². The molecule has 0 heterocycles. The molecule has 0 aromatic carbocycles. The normalized spacial score (nSPS) is 35.6. The molecule has 0 saturated heterocycles.